The fourth-order valence-electron chi connectivity index (χ4n) is 2.29. The molecule has 2 rings (SSSR count). The number of methoxy groups -OCH3 is 1. The topological polar surface area (TPSA) is 112 Å². The van der Waals surface area contributed by atoms with E-state index in [9.17, 15) is 31.2 Å². The van der Waals surface area contributed by atoms with Gasteiger partial charge in [0.1, 0.15) is 11.3 Å². The van der Waals surface area contributed by atoms with Crippen LogP contribution in [0.25, 0.3) is 10.9 Å². The number of halogens is 3. The molecule has 1 N–H and O–H groups in total. The number of ketones is 1. The van der Waals surface area contributed by atoms with Gasteiger partial charge in [0.05, 0.1) is 30.7 Å². The van der Waals surface area contributed by atoms with E-state index in [1.54, 1.807) is 0 Å². The van der Waals surface area contributed by atoms with Crippen molar-refractivity contribution in [3.05, 3.63) is 33.6 Å². The first-order valence-electron chi connectivity index (χ1n) is 6.78. The Balaban J connectivity index is 3.14. The Hall–Kier alpha value is -2.60. The van der Waals surface area contributed by atoms with Gasteiger partial charge in [-0.1, -0.05) is 0 Å². The maximum atomic E-state index is 13.4. The summed E-state index contributed by atoms with van der Waals surface area (Å²) in [6, 6.07) is 1.54. The second-order valence-electron chi connectivity index (χ2n) is 4.94. The van der Waals surface area contributed by atoms with Crippen molar-refractivity contribution >= 4 is 27.1 Å². The molecule has 0 radical (unpaired) electrons. The summed E-state index contributed by atoms with van der Waals surface area (Å²) in [6.45, 7) is 0.871. The Morgan fingerprint density at radius 3 is 2.27 bits per heavy atom. The Morgan fingerprint density at radius 2 is 1.81 bits per heavy atom. The lowest BCUT2D eigenvalue weighted by atomic mass is 10.0. The van der Waals surface area contributed by atoms with Crippen molar-refractivity contribution in [2.24, 2.45) is 0 Å². The molecule has 1 heterocycles. The first-order chi connectivity index (χ1) is 11.9. The van der Waals surface area contributed by atoms with Crippen LogP contribution in [-0.4, -0.2) is 33.4 Å². The number of aromatic nitrogens is 1. The number of carbonyl (C=O) groups excluding carboxylic acids is 1. The monoisotopic (exact) mass is 395 g/mol. The molecule has 0 amide bonds. The number of nitrogens with one attached hydrogen (secondary N) is 1. The van der Waals surface area contributed by atoms with E-state index in [1.807, 2.05) is 0 Å². The number of hydrogen-bond donors (Lipinski definition) is 1. The number of fused-ring (bicyclic) bond motifs is 1. The number of hydrogen-bond acceptors (Lipinski definition) is 7. The third-order valence-corrected chi connectivity index (χ3v) is 4.13. The van der Waals surface area contributed by atoms with Crippen LogP contribution in [0.15, 0.2) is 16.9 Å². The lowest BCUT2D eigenvalue weighted by Crippen LogP contribution is -2.22. The van der Waals surface area contributed by atoms with Gasteiger partial charge >= 0.3 is 16.6 Å². The highest BCUT2D eigenvalue weighted by Gasteiger charge is 2.37. The third-order valence-electron chi connectivity index (χ3n) is 3.35. The van der Waals surface area contributed by atoms with Crippen LogP contribution in [0.4, 0.5) is 13.2 Å². The molecule has 0 saturated carbocycles. The summed E-state index contributed by atoms with van der Waals surface area (Å²) in [5, 5.41) is -0.859. The molecule has 0 saturated heterocycles. The van der Waals surface area contributed by atoms with Gasteiger partial charge < -0.3 is 13.9 Å². The molecular weight excluding hydrogens is 383 g/mol. The average molecular weight is 395 g/mol. The normalized spacial score (nSPS) is 12.2. The minimum Gasteiger partial charge on any atom is -0.495 e. The Morgan fingerprint density at radius 1 is 1.19 bits per heavy atom. The quantitative estimate of drug-likeness (QED) is 0.771. The molecule has 0 atom stereocenters. The maximum Gasteiger partial charge on any atom is 0.448 e. The summed E-state index contributed by atoms with van der Waals surface area (Å²) in [5.41, 5.74) is -3.88. The number of benzene rings is 1. The predicted molar refractivity (Wildman–Crippen MR) is 82.7 cm³/mol. The zero-order valence-electron chi connectivity index (χ0n) is 13.6. The van der Waals surface area contributed by atoms with Crippen LogP contribution in [0.3, 0.4) is 0 Å². The number of ether oxygens (including phenoxy) is 1. The van der Waals surface area contributed by atoms with Gasteiger partial charge in [-0.2, -0.15) is 21.6 Å². The van der Waals surface area contributed by atoms with Gasteiger partial charge in [-0.05, 0) is 19.1 Å². The molecule has 2 aromatic rings. The van der Waals surface area contributed by atoms with Crippen LogP contribution in [-0.2, 0) is 20.8 Å². The summed E-state index contributed by atoms with van der Waals surface area (Å²) in [6.07, 6.45) is -4.95. The van der Waals surface area contributed by atoms with Crippen molar-refractivity contribution in [3.8, 4) is 11.5 Å². The SMILES string of the molecule is COc1ccc(C(F)(F)F)c2c(OS(=O)(=O)OC)c(C(C)=O)c(=O)[nH]c12. The summed E-state index contributed by atoms with van der Waals surface area (Å²) in [7, 11) is -3.00. The second-order valence-corrected chi connectivity index (χ2v) is 6.25. The van der Waals surface area contributed by atoms with E-state index in [1.165, 1.54) is 0 Å². The number of Topliss-reactive ketones (excluding diaryl/α,β-unsaturated/α-hetero) is 1. The molecule has 26 heavy (non-hydrogen) atoms. The number of alkyl halides is 3. The van der Waals surface area contributed by atoms with Gasteiger partial charge in [0.2, 0.25) is 0 Å². The number of aromatic amines is 1. The Kier molecular flexibility index (Phi) is 5.01. The van der Waals surface area contributed by atoms with Crippen LogP contribution in [0, 0.1) is 0 Å². The first-order valence-corrected chi connectivity index (χ1v) is 8.11. The highest BCUT2D eigenvalue weighted by atomic mass is 32.3. The molecule has 0 fully saturated rings. The van der Waals surface area contributed by atoms with E-state index in [0.29, 0.717) is 13.2 Å². The molecule has 1 aromatic carbocycles. The lowest BCUT2D eigenvalue weighted by molar-refractivity contribution is -0.136. The van der Waals surface area contributed by atoms with Crippen LogP contribution < -0.4 is 14.5 Å². The van der Waals surface area contributed by atoms with Gasteiger partial charge in [-0.3, -0.25) is 9.59 Å². The molecule has 142 valence electrons. The van der Waals surface area contributed by atoms with Crippen molar-refractivity contribution in [1.29, 1.82) is 0 Å². The molecule has 0 spiro atoms. The van der Waals surface area contributed by atoms with Crippen molar-refractivity contribution in [2.45, 2.75) is 13.1 Å². The van der Waals surface area contributed by atoms with Gasteiger partial charge in [0.15, 0.2) is 11.5 Å². The molecule has 0 aliphatic rings. The minimum absolute atomic E-state index is 0.195. The van der Waals surface area contributed by atoms with E-state index in [-0.39, 0.29) is 5.75 Å². The summed E-state index contributed by atoms with van der Waals surface area (Å²) >= 11 is 0. The Labute approximate surface area is 144 Å². The molecule has 8 nitrogen and oxygen atoms in total. The average Bonchev–Trinajstić information content (AvgIpc) is 2.52. The molecule has 0 bridgehead atoms. The number of rotatable bonds is 5. The molecule has 0 aliphatic heterocycles. The minimum atomic E-state index is -4.95. The highest BCUT2D eigenvalue weighted by molar-refractivity contribution is 7.82. The van der Waals surface area contributed by atoms with E-state index in [4.69, 9.17) is 4.74 Å². The standard InChI is InChI=1S/C14H12F3NO7S/c1-6(19)9-12(25-26(21,22)24-3)10-7(14(15,16)17)4-5-8(23-2)11(10)18-13(9)20/h4-5H,1-3H3,(H,18,20). The molecule has 0 unspecified atom stereocenters. The summed E-state index contributed by atoms with van der Waals surface area (Å²) in [5.74, 6) is -2.30. The number of carbonyl (C=O) groups is 1. The van der Waals surface area contributed by atoms with Crippen LogP contribution in [0.5, 0.6) is 11.5 Å². The fourth-order valence-corrected chi connectivity index (χ4v) is 2.73. The zero-order valence-corrected chi connectivity index (χ0v) is 14.4. The van der Waals surface area contributed by atoms with Crippen LogP contribution in [0.2, 0.25) is 0 Å². The van der Waals surface area contributed by atoms with E-state index in [2.05, 4.69) is 13.4 Å². The summed E-state index contributed by atoms with van der Waals surface area (Å²) < 4.78 is 77.0. The van der Waals surface area contributed by atoms with Crippen molar-refractivity contribution in [3.63, 3.8) is 0 Å². The zero-order chi connectivity index (χ0) is 19.9. The molecule has 0 aliphatic carbocycles. The predicted octanol–water partition coefficient (Wildman–Crippen LogP) is 2.03. The molecule has 12 heteroatoms. The van der Waals surface area contributed by atoms with Crippen LogP contribution in [0.1, 0.15) is 22.8 Å². The maximum absolute atomic E-state index is 13.4. The van der Waals surface area contributed by atoms with Crippen molar-refractivity contribution in [1.82, 2.24) is 4.98 Å². The van der Waals surface area contributed by atoms with Gasteiger partial charge in [0, 0.05) is 0 Å². The number of H-pyrrole nitrogens is 1. The smallest absolute Gasteiger partial charge is 0.448 e. The van der Waals surface area contributed by atoms with Gasteiger partial charge in [0.25, 0.3) is 5.56 Å². The summed E-state index contributed by atoms with van der Waals surface area (Å²) in [4.78, 5) is 26.0. The molecular formula is C14H12F3NO7S. The third kappa shape index (κ3) is 3.51. The Bertz CT molecular complexity index is 1040. The fraction of sp³-hybridized carbons (Fsp3) is 0.286. The van der Waals surface area contributed by atoms with Crippen LogP contribution >= 0.6 is 0 Å². The van der Waals surface area contributed by atoms with Gasteiger partial charge in [-0.25, -0.2) is 4.18 Å². The van der Waals surface area contributed by atoms with E-state index >= 15 is 0 Å². The van der Waals surface area contributed by atoms with Crippen molar-refractivity contribution in [2.75, 3.05) is 14.2 Å². The second kappa shape index (κ2) is 6.61. The largest absolute Gasteiger partial charge is 0.495 e. The van der Waals surface area contributed by atoms with Gasteiger partial charge in [-0.15, -0.1) is 0 Å². The lowest BCUT2D eigenvalue weighted by Gasteiger charge is -2.17. The highest BCUT2D eigenvalue weighted by Crippen LogP contribution is 2.42. The van der Waals surface area contributed by atoms with E-state index < -0.39 is 55.7 Å². The number of pyridine rings is 1. The van der Waals surface area contributed by atoms with E-state index in [0.717, 1.165) is 20.1 Å². The molecule has 1 aromatic heterocycles. The first kappa shape index (κ1) is 19.7. The van der Waals surface area contributed by atoms with Crippen molar-refractivity contribution < 1.29 is 39.5 Å².